The molecule has 0 aliphatic rings. The van der Waals surface area contributed by atoms with Crippen molar-refractivity contribution in [2.24, 2.45) is 0 Å². The lowest BCUT2D eigenvalue weighted by Crippen LogP contribution is -2.34. The normalized spacial score (nSPS) is 10.6. The van der Waals surface area contributed by atoms with Crippen molar-refractivity contribution in [1.29, 1.82) is 0 Å². The van der Waals surface area contributed by atoms with Gasteiger partial charge in [-0.3, -0.25) is 10.1 Å². The molecule has 0 saturated carbocycles. The lowest BCUT2D eigenvalue weighted by Gasteiger charge is -2.08. The number of carbonyl (C=O) groups excluding carboxylic acids is 1. The Morgan fingerprint density at radius 2 is 1.88 bits per heavy atom. The molecule has 0 atom stereocenters. The van der Waals surface area contributed by atoms with E-state index in [4.69, 9.17) is 12.2 Å². The molecule has 0 unspecified atom stereocenters. The van der Waals surface area contributed by atoms with Gasteiger partial charge in [-0.15, -0.1) is 0 Å². The molecular formula is C18H17N3OS2. The second kappa shape index (κ2) is 6.67. The maximum Gasteiger partial charge on any atom is 0.257 e. The molecule has 3 rings (SSSR count). The lowest BCUT2D eigenvalue weighted by molar-refractivity contribution is 0.0977. The predicted octanol–water partition coefficient (Wildman–Crippen LogP) is 4.35. The Kier molecular flexibility index (Phi) is 4.59. The summed E-state index contributed by atoms with van der Waals surface area (Å²) in [7, 11) is 0. The van der Waals surface area contributed by atoms with E-state index in [1.807, 2.05) is 32.0 Å². The zero-order chi connectivity index (χ0) is 17.3. The minimum Gasteiger partial charge on any atom is -0.308 e. The number of thiocarbonyl (C=S) groups is 1. The number of fused-ring (bicyclic) bond motifs is 1. The fourth-order valence-corrected chi connectivity index (χ4v) is 3.85. The highest BCUT2D eigenvalue weighted by Crippen LogP contribution is 2.29. The van der Waals surface area contributed by atoms with Gasteiger partial charge in [-0.2, -0.15) is 0 Å². The largest absolute Gasteiger partial charge is 0.308 e. The van der Waals surface area contributed by atoms with E-state index in [0.29, 0.717) is 10.7 Å². The van der Waals surface area contributed by atoms with E-state index in [1.165, 1.54) is 16.9 Å². The first-order chi connectivity index (χ1) is 11.4. The lowest BCUT2D eigenvalue weighted by atomic mass is 10.1. The standard InChI is InChI=1S/C18H17N3OS2/c1-10-8-12(3)15-14(9-10)24-18(19-15)21-17(23)20-16(22)13-7-5-4-6-11(13)2/h4-9H,1-3H3,(H2,19,20,21,22,23). The molecule has 0 aliphatic heterocycles. The second-order valence-corrected chi connectivity index (χ2v) is 7.11. The van der Waals surface area contributed by atoms with Crippen LogP contribution in [0, 0.1) is 20.8 Å². The van der Waals surface area contributed by atoms with Crippen molar-refractivity contribution < 1.29 is 4.79 Å². The van der Waals surface area contributed by atoms with Gasteiger partial charge in [0.1, 0.15) is 0 Å². The summed E-state index contributed by atoms with van der Waals surface area (Å²) in [6.45, 7) is 5.99. The Bertz CT molecular complexity index is 947. The van der Waals surface area contributed by atoms with Crippen molar-refractivity contribution in [2.45, 2.75) is 20.8 Å². The first-order valence-corrected chi connectivity index (χ1v) is 8.72. The molecule has 24 heavy (non-hydrogen) atoms. The zero-order valence-electron chi connectivity index (χ0n) is 13.6. The molecule has 2 N–H and O–H groups in total. The zero-order valence-corrected chi connectivity index (χ0v) is 15.3. The van der Waals surface area contributed by atoms with Crippen LogP contribution in [0.3, 0.4) is 0 Å². The summed E-state index contributed by atoms with van der Waals surface area (Å²) >= 11 is 6.76. The van der Waals surface area contributed by atoms with E-state index in [-0.39, 0.29) is 11.0 Å². The number of aromatic nitrogens is 1. The van der Waals surface area contributed by atoms with Crippen molar-refractivity contribution >= 4 is 49.9 Å². The third-order valence-electron chi connectivity index (χ3n) is 3.67. The molecule has 2 aromatic carbocycles. The molecule has 4 nitrogen and oxygen atoms in total. The van der Waals surface area contributed by atoms with Gasteiger partial charge in [0.25, 0.3) is 5.91 Å². The number of nitrogens with one attached hydrogen (secondary N) is 2. The molecule has 0 spiro atoms. The van der Waals surface area contributed by atoms with Crippen LogP contribution in [0.1, 0.15) is 27.0 Å². The van der Waals surface area contributed by atoms with Crippen molar-refractivity contribution in [3.63, 3.8) is 0 Å². The van der Waals surface area contributed by atoms with Crippen molar-refractivity contribution in [3.8, 4) is 0 Å². The van der Waals surface area contributed by atoms with Crippen LogP contribution in [-0.2, 0) is 0 Å². The first kappa shape index (κ1) is 16.5. The fraction of sp³-hybridized carbons (Fsp3) is 0.167. The average molecular weight is 355 g/mol. The summed E-state index contributed by atoms with van der Waals surface area (Å²) in [5.41, 5.74) is 4.80. The number of hydrogen-bond donors (Lipinski definition) is 2. The second-order valence-electron chi connectivity index (χ2n) is 5.67. The van der Waals surface area contributed by atoms with Gasteiger partial charge in [-0.25, -0.2) is 4.98 Å². The molecule has 1 heterocycles. The van der Waals surface area contributed by atoms with E-state index in [2.05, 4.69) is 34.7 Å². The van der Waals surface area contributed by atoms with Crippen LogP contribution in [0.2, 0.25) is 0 Å². The van der Waals surface area contributed by atoms with E-state index in [1.54, 1.807) is 6.07 Å². The van der Waals surface area contributed by atoms with E-state index in [0.717, 1.165) is 21.3 Å². The summed E-state index contributed by atoms with van der Waals surface area (Å²) in [5.74, 6) is -0.223. The fourth-order valence-electron chi connectivity index (χ4n) is 2.55. The molecule has 3 aromatic rings. The third-order valence-corrected chi connectivity index (χ3v) is 4.79. The van der Waals surface area contributed by atoms with Gasteiger partial charge in [-0.1, -0.05) is 35.6 Å². The molecule has 122 valence electrons. The molecule has 0 fully saturated rings. The minimum absolute atomic E-state index is 0.223. The number of hydrogen-bond acceptors (Lipinski definition) is 4. The van der Waals surface area contributed by atoms with Crippen LogP contribution >= 0.6 is 23.6 Å². The monoisotopic (exact) mass is 355 g/mol. The van der Waals surface area contributed by atoms with Crippen molar-refractivity contribution in [2.75, 3.05) is 5.32 Å². The van der Waals surface area contributed by atoms with E-state index in [9.17, 15) is 4.79 Å². The molecule has 0 bridgehead atoms. The van der Waals surface area contributed by atoms with Crippen LogP contribution in [-0.4, -0.2) is 16.0 Å². The molecule has 0 aliphatic carbocycles. The van der Waals surface area contributed by atoms with Crippen LogP contribution in [0.4, 0.5) is 5.13 Å². The Morgan fingerprint density at radius 1 is 1.12 bits per heavy atom. The number of anilines is 1. The number of nitrogens with zero attached hydrogens (tertiary/aromatic N) is 1. The molecule has 0 saturated heterocycles. The van der Waals surface area contributed by atoms with Gasteiger partial charge in [0, 0.05) is 5.56 Å². The smallest absolute Gasteiger partial charge is 0.257 e. The molecule has 1 amide bonds. The molecule has 0 radical (unpaired) electrons. The minimum atomic E-state index is -0.223. The van der Waals surface area contributed by atoms with Gasteiger partial charge < -0.3 is 5.32 Å². The number of thiazole rings is 1. The van der Waals surface area contributed by atoms with Gasteiger partial charge in [0.15, 0.2) is 10.2 Å². The SMILES string of the molecule is Cc1cc(C)c2nc(NC(=S)NC(=O)c3ccccc3C)sc2c1. The summed E-state index contributed by atoms with van der Waals surface area (Å²) < 4.78 is 1.10. The molecule has 1 aromatic heterocycles. The Morgan fingerprint density at radius 3 is 2.62 bits per heavy atom. The number of aryl methyl sites for hydroxylation is 3. The highest BCUT2D eigenvalue weighted by molar-refractivity contribution is 7.80. The third kappa shape index (κ3) is 3.44. The van der Waals surface area contributed by atoms with Crippen LogP contribution in [0.15, 0.2) is 36.4 Å². The maximum absolute atomic E-state index is 12.3. The molecular weight excluding hydrogens is 338 g/mol. The van der Waals surface area contributed by atoms with Gasteiger partial charge in [0.2, 0.25) is 0 Å². The highest BCUT2D eigenvalue weighted by Gasteiger charge is 2.12. The van der Waals surface area contributed by atoms with Crippen LogP contribution < -0.4 is 10.6 Å². The van der Waals surface area contributed by atoms with Gasteiger partial charge >= 0.3 is 0 Å². The first-order valence-electron chi connectivity index (χ1n) is 7.50. The Labute approximate surface area is 149 Å². The van der Waals surface area contributed by atoms with Crippen molar-refractivity contribution in [3.05, 3.63) is 58.7 Å². The summed E-state index contributed by atoms with van der Waals surface area (Å²) in [4.78, 5) is 16.8. The van der Waals surface area contributed by atoms with Crippen molar-refractivity contribution in [1.82, 2.24) is 10.3 Å². The highest BCUT2D eigenvalue weighted by atomic mass is 32.1. The summed E-state index contributed by atoms with van der Waals surface area (Å²) in [6.07, 6.45) is 0. The Hall–Kier alpha value is -2.31. The Balaban J connectivity index is 1.74. The summed E-state index contributed by atoms with van der Waals surface area (Å²) in [6, 6.07) is 11.6. The van der Waals surface area contributed by atoms with Gasteiger partial charge in [0.05, 0.1) is 10.2 Å². The number of carbonyl (C=O) groups is 1. The maximum atomic E-state index is 12.3. The van der Waals surface area contributed by atoms with Gasteiger partial charge in [-0.05, 0) is 61.8 Å². The quantitative estimate of drug-likeness (QED) is 0.671. The van der Waals surface area contributed by atoms with Crippen LogP contribution in [0.5, 0.6) is 0 Å². The summed E-state index contributed by atoms with van der Waals surface area (Å²) in [5, 5.41) is 6.63. The number of benzene rings is 2. The average Bonchev–Trinajstić information content (AvgIpc) is 2.89. The number of amides is 1. The predicted molar refractivity (Wildman–Crippen MR) is 104 cm³/mol. The topological polar surface area (TPSA) is 54.0 Å². The van der Waals surface area contributed by atoms with E-state index < -0.39 is 0 Å². The molecule has 6 heteroatoms. The number of rotatable bonds is 2. The van der Waals surface area contributed by atoms with Crippen LogP contribution in [0.25, 0.3) is 10.2 Å². The van der Waals surface area contributed by atoms with E-state index >= 15 is 0 Å².